The third-order valence-corrected chi connectivity index (χ3v) is 11.0. The molecule has 6 aromatic carbocycles. The van der Waals surface area contributed by atoms with Crippen molar-refractivity contribution in [1.29, 1.82) is 0 Å². The highest BCUT2D eigenvalue weighted by Gasteiger charge is 2.24. The van der Waals surface area contributed by atoms with E-state index in [9.17, 15) is 10.2 Å². The highest BCUT2D eigenvalue weighted by molar-refractivity contribution is 6.01. The van der Waals surface area contributed by atoms with Gasteiger partial charge in [0.05, 0.1) is 40.3 Å². The lowest BCUT2D eigenvalue weighted by Gasteiger charge is -2.04. The molecule has 0 saturated heterocycles. The van der Waals surface area contributed by atoms with Gasteiger partial charge < -0.3 is 21.7 Å². The van der Waals surface area contributed by atoms with E-state index >= 15 is 0 Å². The van der Waals surface area contributed by atoms with Crippen molar-refractivity contribution in [3.05, 3.63) is 128 Å². The van der Waals surface area contributed by atoms with Crippen molar-refractivity contribution in [1.82, 2.24) is 13.7 Å². The van der Waals surface area contributed by atoms with Gasteiger partial charge in [-0.15, -0.1) is 0 Å². The molecule has 0 amide bonds. The maximum absolute atomic E-state index is 10.0. The number of aryl methyl sites for hydroxylation is 6. The summed E-state index contributed by atoms with van der Waals surface area (Å²) >= 11 is 0. The van der Waals surface area contributed by atoms with Crippen LogP contribution in [0.5, 0.6) is 11.5 Å². The fraction of sp³-hybridized carbons (Fsp3) is 0.178. The minimum Gasteiger partial charge on any atom is -0.508 e. The number of imidazole rings is 3. The number of rotatable bonds is 12. The Morgan fingerprint density at radius 2 is 1.07 bits per heavy atom. The van der Waals surface area contributed by atoms with Gasteiger partial charge in [0, 0.05) is 56.0 Å². The molecule has 294 valence electrons. The first kappa shape index (κ1) is 37.0. The number of hydrogen-bond acceptors (Lipinski definition) is 8. The van der Waals surface area contributed by atoms with E-state index in [0.29, 0.717) is 22.7 Å². The number of fused-ring (bicyclic) bond motifs is 4. The number of benzene rings is 6. The Balaban J connectivity index is 0.892. The van der Waals surface area contributed by atoms with Crippen LogP contribution in [-0.2, 0) is 40.3 Å². The lowest BCUT2D eigenvalue weighted by Crippen LogP contribution is -2.32. The predicted molar refractivity (Wildman–Crippen MR) is 228 cm³/mol. The Labute approximate surface area is 339 Å². The molecule has 9 aromatic rings. The summed E-state index contributed by atoms with van der Waals surface area (Å²) in [5.41, 5.74) is 19.2. The number of para-hydroxylation sites is 4. The summed E-state index contributed by atoms with van der Waals surface area (Å²) in [6, 6.07) is 34.1. The zero-order valence-electron chi connectivity index (χ0n) is 32.9. The molecular formula is C45H45N12O2+3. The molecule has 6 N–H and O–H groups in total. The summed E-state index contributed by atoms with van der Waals surface area (Å²) in [7, 11) is 4.02. The maximum atomic E-state index is 10.0. The summed E-state index contributed by atoms with van der Waals surface area (Å²) in [5.74, 6) is 1.79. The molecular weight excluding hydrogens is 741 g/mol. The minimum absolute atomic E-state index is 0.153. The van der Waals surface area contributed by atoms with Crippen molar-refractivity contribution in [2.45, 2.75) is 39.0 Å². The Hall–Kier alpha value is -7.61. The van der Waals surface area contributed by atoms with E-state index < -0.39 is 0 Å². The van der Waals surface area contributed by atoms with E-state index in [1.807, 2.05) is 62.6 Å². The van der Waals surface area contributed by atoms with Crippen LogP contribution in [0.1, 0.15) is 12.8 Å². The number of nitrogens with zero attached hydrogens (tertiary/aromatic N) is 10. The van der Waals surface area contributed by atoms with E-state index in [1.165, 1.54) is 0 Å². The number of azo groups is 2. The topological polar surface area (TPSA) is 168 Å². The van der Waals surface area contributed by atoms with Crippen molar-refractivity contribution in [3.63, 3.8) is 0 Å². The zero-order chi connectivity index (χ0) is 40.6. The second-order valence-corrected chi connectivity index (χ2v) is 14.8. The van der Waals surface area contributed by atoms with E-state index in [4.69, 9.17) is 21.7 Å². The van der Waals surface area contributed by atoms with Crippen LogP contribution in [0.2, 0.25) is 0 Å². The van der Waals surface area contributed by atoms with Gasteiger partial charge in [0.25, 0.3) is 0 Å². The van der Waals surface area contributed by atoms with Gasteiger partial charge >= 0.3 is 11.9 Å². The first-order valence-corrected chi connectivity index (χ1v) is 19.6. The lowest BCUT2D eigenvalue weighted by atomic mass is 10.1. The van der Waals surface area contributed by atoms with Crippen molar-refractivity contribution < 1.29 is 23.9 Å². The lowest BCUT2D eigenvalue weighted by molar-refractivity contribution is -0.697. The molecule has 0 aliphatic carbocycles. The van der Waals surface area contributed by atoms with Gasteiger partial charge in [0.15, 0.2) is 0 Å². The molecule has 14 heteroatoms. The standard InChI is InChI=1S/C45H42N12O2/c1-52-40-9-3-5-11-42(40)56(44(52)50-48-38-19-17-36(46)34-27-30(58)13-15-32(34)38)23-7-21-54-25-26-55(29-54)22-8-24-57-43-12-6-4-10-41(43)53(2)45(57)51-49-39-20-18-37(47)35-28-31(59)14-16-33(35)39/h3-6,9-20,25-29,46-47H,7-8,21-24H2,1-2H3,(H-,48,49,58,59)/p+3. The SMILES string of the molecule is C[n+]1c(N=Nc2ccc(N)c3cc(O)ccc23)n(CCCn2cc[n+](CCCn3c(N=Nc4ccc(N)c5cc(O)ccc45)[n+](C)c4ccccc43)c2)c2ccccc21. The summed E-state index contributed by atoms with van der Waals surface area (Å²) in [6.45, 7) is 3.14. The van der Waals surface area contributed by atoms with Crippen LogP contribution in [0, 0.1) is 0 Å². The van der Waals surface area contributed by atoms with Crippen LogP contribution in [0.15, 0.2) is 148 Å². The molecule has 59 heavy (non-hydrogen) atoms. The Morgan fingerprint density at radius 1 is 0.559 bits per heavy atom. The fourth-order valence-corrected chi connectivity index (χ4v) is 8.01. The van der Waals surface area contributed by atoms with Gasteiger partial charge in [-0.3, -0.25) is 0 Å². The van der Waals surface area contributed by atoms with Crippen molar-refractivity contribution in [3.8, 4) is 11.5 Å². The Morgan fingerprint density at radius 3 is 1.61 bits per heavy atom. The van der Waals surface area contributed by atoms with E-state index in [-0.39, 0.29) is 11.5 Å². The number of aromatic nitrogens is 6. The first-order valence-electron chi connectivity index (χ1n) is 19.6. The van der Waals surface area contributed by atoms with Crippen molar-refractivity contribution in [2.75, 3.05) is 11.5 Å². The molecule has 3 aromatic heterocycles. The third kappa shape index (κ3) is 7.05. The number of phenols is 2. The molecule has 0 aliphatic rings. The van der Waals surface area contributed by atoms with Gasteiger partial charge in [-0.25, -0.2) is 27.4 Å². The van der Waals surface area contributed by atoms with Crippen LogP contribution in [0.25, 0.3) is 43.6 Å². The van der Waals surface area contributed by atoms with Crippen molar-refractivity contribution in [2.24, 2.45) is 34.6 Å². The molecule has 0 radical (unpaired) electrons. The second kappa shape index (κ2) is 15.4. The molecule has 9 rings (SSSR count). The van der Waals surface area contributed by atoms with Gasteiger partial charge in [-0.1, -0.05) is 34.5 Å². The highest BCUT2D eigenvalue weighted by atomic mass is 16.3. The van der Waals surface area contributed by atoms with Gasteiger partial charge in [-0.05, 0) is 84.9 Å². The smallest absolute Gasteiger partial charge is 0.422 e. The molecule has 0 atom stereocenters. The maximum Gasteiger partial charge on any atom is 0.422 e. The molecule has 0 fully saturated rings. The van der Waals surface area contributed by atoms with Crippen LogP contribution < -0.4 is 25.2 Å². The normalized spacial score (nSPS) is 12.1. The summed E-state index contributed by atoms with van der Waals surface area (Å²) in [4.78, 5) is 0. The molecule has 14 nitrogen and oxygen atoms in total. The average molecular weight is 786 g/mol. The molecule has 3 heterocycles. The van der Waals surface area contributed by atoms with Crippen LogP contribution in [0.4, 0.5) is 34.6 Å². The zero-order valence-corrected chi connectivity index (χ0v) is 32.9. The Kier molecular flexibility index (Phi) is 9.65. The fourth-order valence-electron chi connectivity index (χ4n) is 8.01. The van der Waals surface area contributed by atoms with E-state index in [0.717, 1.165) is 94.5 Å². The third-order valence-electron chi connectivity index (χ3n) is 11.0. The van der Waals surface area contributed by atoms with Crippen LogP contribution in [-0.4, -0.2) is 23.9 Å². The molecule has 0 bridgehead atoms. The number of phenolic OH excluding ortho intramolecular Hbond substituents is 2. The van der Waals surface area contributed by atoms with Crippen LogP contribution in [0.3, 0.4) is 0 Å². The highest BCUT2D eigenvalue weighted by Crippen LogP contribution is 2.35. The van der Waals surface area contributed by atoms with E-state index in [2.05, 4.69) is 80.6 Å². The average Bonchev–Trinajstić information content (AvgIpc) is 3.89. The number of nitrogen functional groups attached to an aromatic ring is 2. The number of anilines is 2. The van der Waals surface area contributed by atoms with Gasteiger partial charge in [-0.2, -0.15) is 0 Å². The quantitative estimate of drug-likeness (QED) is 0.0557. The van der Waals surface area contributed by atoms with Gasteiger partial charge in [0.1, 0.15) is 57.3 Å². The number of aromatic hydroxyl groups is 2. The Bertz CT molecular complexity index is 2900. The summed E-state index contributed by atoms with van der Waals surface area (Å²) in [6.07, 6.45) is 8.17. The predicted octanol–water partition coefficient (Wildman–Crippen LogP) is 8.23. The molecule has 0 aliphatic heterocycles. The second-order valence-electron chi connectivity index (χ2n) is 14.8. The van der Waals surface area contributed by atoms with Crippen LogP contribution >= 0.6 is 0 Å². The molecule has 0 unspecified atom stereocenters. The first-order chi connectivity index (χ1) is 28.7. The van der Waals surface area contributed by atoms with Gasteiger partial charge in [0.2, 0.25) is 6.33 Å². The largest absolute Gasteiger partial charge is 0.508 e. The van der Waals surface area contributed by atoms with E-state index in [1.54, 1.807) is 36.4 Å². The molecule has 0 saturated carbocycles. The monoisotopic (exact) mass is 785 g/mol. The summed E-state index contributed by atoms with van der Waals surface area (Å²) in [5, 5.41) is 42.2. The summed E-state index contributed by atoms with van der Waals surface area (Å²) < 4.78 is 13.0. The van der Waals surface area contributed by atoms with Crippen molar-refractivity contribution >= 4 is 78.3 Å². The number of nitrogens with two attached hydrogens (primary N) is 2. The molecule has 0 spiro atoms. The minimum atomic E-state index is 0.153. The number of hydrogen-bond donors (Lipinski definition) is 4.